The summed E-state index contributed by atoms with van der Waals surface area (Å²) >= 11 is 0. The number of benzene rings is 3. The SMILES string of the molecule is O=C(N[C@@]1(C(F)(F)F)N=C(c2ccccc2)N(CCc2ccccc2)C1=O)c1ccc(F)cc1. The van der Waals surface area contributed by atoms with Crippen LogP contribution >= 0.6 is 0 Å². The molecular weight excluding hydrogens is 450 g/mol. The predicted molar refractivity (Wildman–Crippen MR) is 117 cm³/mol. The number of nitrogens with one attached hydrogen (secondary N) is 1. The fourth-order valence-electron chi connectivity index (χ4n) is 3.63. The zero-order chi connectivity index (χ0) is 24.3. The van der Waals surface area contributed by atoms with Gasteiger partial charge >= 0.3 is 11.8 Å². The van der Waals surface area contributed by atoms with Gasteiger partial charge < -0.3 is 5.32 Å². The Labute approximate surface area is 192 Å². The van der Waals surface area contributed by atoms with Gasteiger partial charge in [0.05, 0.1) is 0 Å². The van der Waals surface area contributed by atoms with E-state index in [1.165, 1.54) is 12.1 Å². The van der Waals surface area contributed by atoms with Crippen molar-refractivity contribution in [3.63, 3.8) is 0 Å². The molecule has 3 aromatic rings. The summed E-state index contributed by atoms with van der Waals surface area (Å²) in [6.07, 6.45) is -4.96. The van der Waals surface area contributed by atoms with Gasteiger partial charge in [-0.1, -0.05) is 60.7 Å². The Morgan fingerprint density at radius 1 is 0.912 bits per heavy atom. The first-order valence-electron chi connectivity index (χ1n) is 10.4. The van der Waals surface area contributed by atoms with Crippen molar-refractivity contribution in [3.8, 4) is 0 Å². The molecule has 34 heavy (non-hydrogen) atoms. The summed E-state index contributed by atoms with van der Waals surface area (Å²) in [5.41, 5.74) is -2.63. The Morgan fingerprint density at radius 3 is 2.09 bits per heavy atom. The van der Waals surface area contributed by atoms with E-state index >= 15 is 0 Å². The van der Waals surface area contributed by atoms with Crippen LogP contribution in [-0.2, 0) is 11.2 Å². The molecule has 1 aliphatic rings. The molecule has 0 saturated heterocycles. The molecule has 4 rings (SSSR count). The van der Waals surface area contributed by atoms with Crippen LogP contribution in [0.2, 0.25) is 0 Å². The Morgan fingerprint density at radius 2 is 1.50 bits per heavy atom. The highest BCUT2D eigenvalue weighted by molar-refractivity contribution is 6.16. The largest absolute Gasteiger partial charge is 0.442 e. The van der Waals surface area contributed by atoms with E-state index in [-0.39, 0.29) is 24.4 Å². The molecule has 1 aliphatic heterocycles. The summed E-state index contributed by atoms with van der Waals surface area (Å²) in [4.78, 5) is 30.7. The highest BCUT2D eigenvalue weighted by Gasteiger charge is 2.67. The second-order valence-electron chi connectivity index (χ2n) is 7.66. The van der Waals surface area contributed by atoms with Gasteiger partial charge in [0.1, 0.15) is 11.7 Å². The second-order valence-corrected chi connectivity index (χ2v) is 7.66. The van der Waals surface area contributed by atoms with Gasteiger partial charge in [-0.15, -0.1) is 0 Å². The smallest absolute Gasteiger partial charge is 0.312 e. The molecule has 2 amide bonds. The quantitative estimate of drug-likeness (QED) is 0.546. The topological polar surface area (TPSA) is 61.8 Å². The first-order chi connectivity index (χ1) is 16.2. The second kappa shape index (κ2) is 9.09. The minimum atomic E-state index is -5.23. The van der Waals surface area contributed by atoms with Gasteiger partial charge in [-0.25, -0.2) is 9.38 Å². The third-order valence-corrected chi connectivity index (χ3v) is 5.39. The molecule has 0 unspecified atom stereocenters. The molecule has 1 heterocycles. The molecule has 1 atom stereocenters. The van der Waals surface area contributed by atoms with Crippen LogP contribution in [0.4, 0.5) is 17.6 Å². The van der Waals surface area contributed by atoms with Gasteiger partial charge in [-0.05, 0) is 36.2 Å². The first-order valence-corrected chi connectivity index (χ1v) is 10.4. The molecular formula is C25H19F4N3O2. The van der Waals surface area contributed by atoms with Gasteiger partial charge in [0, 0.05) is 17.7 Å². The molecule has 0 aliphatic carbocycles. The fourth-order valence-corrected chi connectivity index (χ4v) is 3.63. The molecule has 0 saturated carbocycles. The maximum Gasteiger partial charge on any atom is 0.442 e. The maximum atomic E-state index is 14.4. The lowest BCUT2D eigenvalue weighted by Gasteiger charge is -2.29. The number of amidine groups is 1. The molecule has 5 nitrogen and oxygen atoms in total. The maximum absolute atomic E-state index is 14.4. The minimum absolute atomic E-state index is 0.0825. The molecule has 0 spiro atoms. The van der Waals surface area contributed by atoms with E-state index in [0.717, 1.165) is 34.7 Å². The van der Waals surface area contributed by atoms with Crippen molar-refractivity contribution in [3.05, 3.63) is 107 Å². The Kier molecular flexibility index (Phi) is 6.19. The van der Waals surface area contributed by atoms with E-state index in [0.29, 0.717) is 5.56 Å². The Hall–Kier alpha value is -4.01. The third kappa shape index (κ3) is 4.41. The Bertz CT molecular complexity index is 1210. The van der Waals surface area contributed by atoms with Crippen molar-refractivity contribution in [2.45, 2.75) is 18.3 Å². The summed E-state index contributed by atoms with van der Waals surface area (Å²) in [6.45, 7) is -0.0825. The van der Waals surface area contributed by atoms with Crippen LogP contribution in [0.3, 0.4) is 0 Å². The number of alkyl halides is 3. The lowest BCUT2D eigenvalue weighted by atomic mass is 10.1. The van der Waals surface area contributed by atoms with Crippen molar-refractivity contribution in [2.24, 2.45) is 4.99 Å². The van der Waals surface area contributed by atoms with E-state index in [9.17, 15) is 27.2 Å². The zero-order valence-corrected chi connectivity index (χ0v) is 17.7. The van der Waals surface area contributed by atoms with Crippen LogP contribution in [0, 0.1) is 5.82 Å². The predicted octanol–water partition coefficient (Wildman–Crippen LogP) is 4.35. The number of rotatable bonds is 6. The zero-order valence-electron chi connectivity index (χ0n) is 17.7. The number of nitrogens with zero attached hydrogens (tertiary/aromatic N) is 2. The van der Waals surface area contributed by atoms with Gasteiger partial charge in [0.15, 0.2) is 0 Å². The van der Waals surface area contributed by atoms with Gasteiger partial charge in [0.2, 0.25) is 0 Å². The fraction of sp³-hybridized carbons (Fsp3) is 0.160. The summed E-state index contributed by atoms with van der Waals surface area (Å²) in [5.74, 6) is -3.47. The van der Waals surface area contributed by atoms with Crippen LogP contribution in [0.1, 0.15) is 21.5 Å². The number of aliphatic imine (C=N–C) groups is 1. The number of hydrogen-bond acceptors (Lipinski definition) is 3. The van der Waals surface area contributed by atoms with E-state index < -0.39 is 29.5 Å². The number of amides is 2. The van der Waals surface area contributed by atoms with Gasteiger partial charge in [0.25, 0.3) is 11.8 Å². The van der Waals surface area contributed by atoms with Crippen LogP contribution in [-0.4, -0.2) is 40.9 Å². The highest BCUT2D eigenvalue weighted by Crippen LogP contribution is 2.38. The number of halogens is 4. The normalized spacial score (nSPS) is 18.1. The number of carbonyl (C=O) groups excluding carboxylic acids is 2. The van der Waals surface area contributed by atoms with Crippen molar-refractivity contribution < 1.29 is 27.2 Å². The van der Waals surface area contributed by atoms with Gasteiger partial charge in [-0.2, -0.15) is 13.2 Å². The molecule has 0 aromatic heterocycles. The lowest BCUT2D eigenvalue weighted by molar-refractivity contribution is -0.196. The molecule has 1 N–H and O–H groups in total. The highest BCUT2D eigenvalue weighted by atomic mass is 19.4. The average Bonchev–Trinajstić information content (AvgIpc) is 3.12. The van der Waals surface area contributed by atoms with Crippen LogP contribution in [0.25, 0.3) is 0 Å². The van der Waals surface area contributed by atoms with Crippen LogP contribution in [0.15, 0.2) is 89.9 Å². The first kappa shape index (κ1) is 23.2. The van der Waals surface area contributed by atoms with Crippen molar-refractivity contribution in [1.29, 1.82) is 0 Å². The lowest BCUT2D eigenvalue weighted by Crippen LogP contribution is -2.63. The number of hydrogen-bond donors (Lipinski definition) is 1. The van der Waals surface area contributed by atoms with E-state index in [1.54, 1.807) is 53.8 Å². The molecule has 0 fully saturated rings. The standard InChI is InChI=1S/C25H19F4N3O2/c26-20-13-11-19(12-14-20)22(33)31-24(25(27,28)29)23(34)32(16-15-17-7-3-1-4-8-17)21(30-24)18-9-5-2-6-10-18/h1-14H,15-16H2,(H,31,33)/t24-/m0/s1. The average molecular weight is 469 g/mol. The summed E-state index contributed by atoms with van der Waals surface area (Å²) in [6, 6.07) is 20.9. The minimum Gasteiger partial charge on any atom is -0.312 e. The molecule has 174 valence electrons. The van der Waals surface area contributed by atoms with Crippen LogP contribution < -0.4 is 5.32 Å². The molecule has 3 aromatic carbocycles. The van der Waals surface area contributed by atoms with E-state index in [1.807, 2.05) is 0 Å². The monoisotopic (exact) mass is 469 g/mol. The number of carbonyl (C=O) groups is 2. The molecule has 0 bridgehead atoms. The summed E-state index contributed by atoms with van der Waals surface area (Å²) in [7, 11) is 0. The van der Waals surface area contributed by atoms with Crippen molar-refractivity contribution >= 4 is 17.6 Å². The van der Waals surface area contributed by atoms with E-state index in [4.69, 9.17) is 0 Å². The van der Waals surface area contributed by atoms with E-state index in [2.05, 4.69) is 4.99 Å². The van der Waals surface area contributed by atoms with Gasteiger partial charge in [-0.3, -0.25) is 14.5 Å². The molecule has 9 heteroatoms. The third-order valence-electron chi connectivity index (χ3n) is 5.39. The van der Waals surface area contributed by atoms with Crippen molar-refractivity contribution in [1.82, 2.24) is 10.2 Å². The van der Waals surface area contributed by atoms with Crippen molar-refractivity contribution in [2.75, 3.05) is 6.54 Å². The molecule has 0 radical (unpaired) electrons. The van der Waals surface area contributed by atoms with Crippen LogP contribution in [0.5, 0.6) is 0 Å². The summed E-state index contributed by atoms with van der Waals surface area (Å²) < 4.78 is 56.4. The summed E-state index contributed by atoms with van der Waals surface area (Å²) in [5, 5.41) is 1.78. The Balaban J connectivity index is 1.74.